The van der Waals surface area contributed by atoms with Crippen molar-refractivity contribution < 1.29 is 4.79 Å². The lowest BCUT2D eigenvalue weighted by Gasteiger charge is -2.14. The standard InChI is InChI=1S/C21H23N5O/c1-2-17(19-14-26-12-6-11-22-21(26)25-19)24-20(27)10-5-7-15-13-23-18-9-4-3-8-16(15)18/h3-4,6,8-9,11-14,17,23H,2,5,7,10H2,1H3,(H,24,27). The van der Waals surface area contributed by atoms with Crippen LogP contribution in [0.2, 0.25) is 0 Å². The molecular formula is C21H23N5O. The molecule has 0 aliphatic rings. The predicted molar refractivity (Wildman–Crippen MR) is 105 cm³/mol. The summed E-state index contributed by atoms with van der Waals surface area (Å²) in [5.74, 6) is 0.714. The van der Waals surface area contributed by atoms with Crippen LogP contribution in [0.25, 0.3) is 16.7 Å². The van der Waals surface area contributed by atoms with Gasteiger partial charge in [-0.15, -0.1) is 0 Å². The number of aromatic amines is 1. The average molecular weight is 361 g/mol. The lowest BCUT2D eigenvalue weighted by atomic mass is 10.1. The van der Waals surface area contributed by atoms with Gasteiger partial charge < -0.3 is 10.3 Å². The maximum absolute atomic E-state index is 12.4. The quantitative estimate of drug-likeness (QED) is 0.526. The van der Waals surface area contributed by atoms with Crippen LogP contribution in [0.5, 0.6) is 0 Å². The molecular weight excluding hydrogens is 338 g/mol. The summed E-state index contributed by atoms with van der Waals surface area (Å²) < 4.78 is 1.88. The Balaban J connectivity index is 1.35. The molecule has 1 amide bonds. The van der Waals surface area contributed by atoms with Crippen LogP contribution in [0.1, 0.15) is 43.5 Å². The van der Waals surface area contributed by atoms with Crippen molar-refractivity contribution in [2.75, 3.05) is 0 Å². The number of imidazole rings is 1. The molecule has 3 aromatic heterocycles. The molecule has 1 unspecified atom stereocenters. The van der Waals surface area contributed by atoms with E-state index in [4.69, 9.17) is 0 Å². The van der Waals surface area contributed by atoms with E-state index >= 15 is 0 Å². The molecule has 0 aliphatic heterocycles. The SMILES string of the molecule is CCC(NC(=O)CCCc1c[nH]c2ccccc12)c1cn2cccnc2n1. The molecule has 4 rings (SSSR count). The molecule has 0 aliphatic carbocycles. The van der Waals surface area contributed by atoms with Gasteiger partial charge in [-0.05, 0) is 37.0 Å². The Labute approximate surface area is 157 Å². The van der Waals surface area contributed by atoms with Gasteiger partial charge in [-0.3, -0.25) is 9.20 Å². The van der Waals surface area contributed by atoms with Crippen molar-refractivity contribution in [3.63, 3.8) is 0 Å². The zero-order chi connectivity index (χ0) is 18.6. The van der Waals surface area contributed by atoms with E-state index in [1.807, 2.05) is 48.1 Å². The number of H-pyrrole nitrogens is 1. The monoisotopic (exact) mass is 361 g/mol. The predicted octanol–water partition coefficient (Wildman–Crippen LogP) is 3.80. The molecule has 138 valence electrons. The summed E-state index contributed by atoms with van der Waals surface area (Å²) in [6.07, 6.45) is 10.6. The van der Waals surface area contributed by atoms with E-state index in [9.17, 15) is 4.79 Å². The fraction of sp³-hybridized carbons (Fsp3) is 0.286. The molecule has 0 saturated carbocycles. The third-order valence-corrected chi connectivity index (χ3v) is 4.88. The molecule has 2 N–H and O–H groups in total. The van der Waals surface area contributed by atoms with Gasteiger partial charge in [0.25, 0.3) is 0 Å². The summed E-state index contributed by atoms with van der Waals surface area (Å²) in [4.78, 5) is 24.5. The van der Waals surface area contributed by atoms with Gasteiger partial charge >= 0.3 is 0 Å². The second-order valence-corrected chi connectivity index (χ2v) is 6.73. The van der Waals surface area contributed by atoms with Gasteiger partial charge in [-0.2, -0.15) is 0 Å². The van der Waals surface area contributed by atoms with Crippen molar-refractivity contribution in [2.24, 2.45) is 0 Å². The summed E-state index contributed by atoms with van der Waals surface area (Å²) in [7, 11) is 0. The smallest absolute Gasteiger partial charge is 0.233 e. The molecule has 1 atom stereocenters. The van der Waals surface area contributed by atoms with Crippen LogP contribution in [0.3, 0.4) is 0 Å². The first-order chi connectivity index (χ1) is 13.2. The van der Waals surface area contributed by atoms with Gasteiger partial charge in [0.15, 0.2) is 0 Å². The third-order valence-electron chi connectivity index (χ3n) is 4.88. The van der Waals surface area contributed by atoms with E-state index in [1.165, 1.54) is 10.9 Å². The number of hydrogen-bond acceptors (Lipinski definition) is 3. The fourth-order valence-corrected chi connectivity index (χ4v) is 3.45. The van der Waals surface area contributed by atoms with Crippen molar-refractivity contribution in [1.29, 1.82) is 0 Å². The summed E-state index contributed by atoms with van der Waals surface area (Å²) in [5, 5.41) is 4.35. The second-order valence-electron chi connectivity index (χ2n) is 6.73. The number of hydrogen-bond donors (Lipinski definition) is 2. The second kappa shape index (κ2) is 7.61. The zero-order valence-electron chi connectivity index (χ0n) is 15.4. The lowest BCUT2D eigenvalue weighted by molar-refractivity contribution is -0.122. The molecule has 1 aromatic carbocycles. The highest BCUT2D eigenvalue weighted by atomic mass is 16.1. The Morgan fingerprint density at radius 2 is 2.19 bits per heavy atom. The van der Waals surface area contributed by atoms with Gasteiger partial charge in [0, 0.05) is 42.1 Å². The minimum atomic E-state index is -0.0905. The molecule has 6 heteroatoms. The summed E-state index contributed by atoms with van der Waals surface area (Å²) in [6.45, 7) is 2.05. The van der Waals surface area contributed by atoms with E-state index in [-0.39, 0.29) is 11.9 Å². The van der Waals surface area contributed by atoms with E-state index in [0.717, 1.165) is 30.5 Å². The first kappa shape index (κ1) is 17.3. The Kier molecular flexibility index (Phi) is 4.87. The van der Waals surface area contributed by atoms with Crippen molar-refractivity contribution in [3.05, 3.63) is 66.4 Å². The first-order valence-electron chi connectivity index (χ1n) is 9.38. The number of para-hydroxylation sites is 1. The highest BCUT2D eigenvalue weighted by Gasteiger charge is 2.16. The number of fused-ring (bicyclic) bond motifs is 2. The first-order valence-corrected chi connectivity index (χ1v) is 9.38. The lowest BCUT2D eigenvalue weighted by Crippen LogP contribution is -2.28. The number of rotatable bonds is 7. The number of carbonyl (C=O) groups is 1. The van der Waals surface area contributed by atoms with Gasteiger partial charge in [0.1, 0.15) is 0 Å². The van der Waals surface area contributed by atoms with Crippen LogP contribution < -0.4 is 5.32 Å². The van der Waals surface area contributed by atoms with E-state index in [1.54, 1.807) is 6.20 Å². The third kappa shape index (κ3) is 3.69. The van der Waals surface area contributed by atoms with Crippen molar-refractivity contribution in [2.45, 2.75) is 38.6 Å². The number of carbonyl (C=O) groups excluding carboxylic acids is 1. The highest BCUT2D eigenvalue weighted by Crippen LogP contribution is 2.20. The minimum absolute atomic E-state index is 0.0618. The normalized spacial score (nSPS) is 12.5. The average Bonchev–Trinajstić information content (AvgIpc) is 3.30. The minimum Gasteiger partial charge on any atom is -0.361 e. The number of amides is 1. The molecule has 0 spiro atoms. The Morgan fingerprint density at radius 3 is 3.04 bits per heavy atom. The Bertz CT molecular complexity index is 1030. The van der Waals surface area contributed by atoms with Crippen LogP contribution in [0, 0.1) is 0 Å². The molecule has 4 aromatic rings. The molecule has 0 radical (unpaired) electrons. The van der Waals surface area contributed by atoms with Crippen molar-refractivity contribution in [1.82, 2.24) is 24.7 Å². The molecule has 0 fully saturated rings. The van der Waals surface area contributed by atoms with Crippen LogP contribution in [0.15, 0.2) is 55.1 Å². The number of aryl methyl sites for hydroxylation is 1. The van der Waals surface area contributed by atoms with Gasteiger partial charge in [0.05, 0.1) is 11.7 Å². The largest absolute Gasteiger partial charge is 0.361 e. The number of aromatic nitrogens is 4. The summed E-state index contributed by atoms with van der Waals surface area (Å²) in [6, 6.07) is 10.0. The maximum atomic E-state index is 12.4. The van der Waals surface area contributed by atoms with E-state index in [2.05, 4.69) is 32.4 Å². The van der Waals surface area contributed by atoms with Crippen molar-refractivity contribution >= 4 is 22.6 Å². The van der Waals surface area contributed by atoms with E-state index in [0.29, 0.717) is 12.2 Å². The van der Waals surface area contributed by atoms with Gasteiger partial charge in [0.2, 0.25) is 11.7 Å². The molecule has 27 heavy (non-hydrogen) atoms. The number of nitrogens with one attached hydrogen (secondary N) is 2. The topological polar surface area (TPSA) is 75.1 Å². The van der Waals surface area contributed by atoms with E-state index < -0.39 is 0 Å². The zero-order valence-corrected chi connectivity index (χ0v) is 15.4. The maximum Gasteiger partial charge on any atom is 0.233 e. The molecule has 0 saturated heterocycles. The number of nitrogens with zero attached hydrogens (tertiary/aromatic N) is 3. The molecule has 6 nitrogen and oxygen atoms in total. The van der Waals surface area contributed by atoms with Crippen molar-refractivity contribution in [3.8, 4) is 0 Å². The van der Waals surface area contributed by atoms with Gasteiger partial charge in [-0.25, -0.2) is 9.97 Å². The van der Waals surface area contributed by atoms with Crippen LogP contribution >= 0.6 is 0 Å². The van der Waals surface area contributed by atoms with Crippen LogP contribution in [-0.4, -0.2) is 25.3 Å². The fourth-order valence-electron chi connectivity index (χ4n) is 3.45. The number of benzene rings is 1. The molecule has 3 heterocycles. The highest BCUT2D eigenvalue weighted by molar-refractivity contribution is 5.83. The van der Waals surface area contributed by atoms with Crippen LogP contribution in [-0.2, 0) is 11.2 Å². The molecule has 0 bridgehead atoms. The van der Waals surface area contributed by atoms with Crippen LogP contribution in [0.4, 0.5) is 0 Å². The Hall–Kier alpha value is -3.15. The summed E-state index contributed by atoms with van der Waals surface area (Å²) in [5.41, 5.74) is 3.25. The Morgan fingerprint density at radius 1 is 1.30 bits per heavy atom. The van der Waals surface area contributed by atoms with Gasteiger partial charge in [-0.1, -0.05) is 25.1 Å². The summed E-state index contributed by atoms with van der Waals surface area (Å²) >= 11 is 0.